The Morgan fingerprint density at radius 3 is 2.37 bits per heavy atom. The summed E-state index contributed by atoms with van der Waals surface area (Å²) in [5.41, 5.74) is -2.23. The van der Waals surface area contributed by atoms with Gasteiger partial charge in [-0.2, -0.15) is 13.2 Å². The minimum absolute atomic E-state index is 0.102. The zero-order chi connectivity index (χ0) is 14.8. The van der Waals surface area contributed by atoms with Crippen LogP contribution in [0.15, 0.2) is 16.6 Å². The van der Waals surface area contributed by atoms with Crippen molar-refractivity contribution in [2.75, 3.05) is 6.61 Å². The Bertz CT molecular complexity index is 525. The van der Waals surface area contributed by atoms with Crippen molar-refractivity contribution in [3.63, 3.8) is 0 Å². The number of Topliss-reactive ketones (excluding diaryl/α,β-unsaturated/α-hetero) is 1. The number of carbonyl (C=O) groups is 2. The number of carbonyl (C=O) groups excluding carboxylic acids is 2. The molecule has 1 aromatic rings. The molecule has 0 heterocycles. The summed E-state index contributed by atoms with van der Waals surface area (Å²) < 4.78 is 54.8. The minimum Gasteiger partial charge on any atom is -0.460 e. The van der Waals surface area contributed by atoms with Crippen molar-refractivity contribution in [1.82, 2.24) is 0 Å². The molecule has 0 amide bonds. The lowest BCUT2D eigenvalue weighted by atomic mass is 10.1. The second-order valence-electron chi connectivity index (χ2n) is 3.36. The molecule has 0 fully saturated rings. The van der Waals surface area contributed by atoms with Crippen LogP contribution in [0.3, 0.4) is 0 Å². The van der Waals surface area contributed by atoms with E-state index in [9.17, 15) is 27.2 Å². The molecule has 1 aromatic carbocycles. The number of rotatable bonds is 3. The first kappa shape index (κ1) is 15.6. The molecule has 104 valence electrons. The van der Waals surface area contributed by atoms with E-state index < -0.39 is 34.9 Å². The SMILES string of the molecule is CCOC(=O)C(=O)c1cc(C(F)(F)F)c(F)cc1Br. The van der Waals surface area contributed by atoms with Gasteiger partial charge in [0.1, 0.15) is 5.82 Å². The van der Waals surface area contributed by atoms with E-state index in [1.54, 1.807) is 0 Å². The van der Waals surface area contributed by atoms with Gasteiger partial charge >= 0.3 is 12.1 Å². The second-order valence-corrected chi connectivity index (χ2v) is 4.21. The first-order valence-electron chi connectivity index (χ1n) is 4.96. The molecule has 0 saturated heterocycles. The van der Waals surface area contributed by atoms with E-state index in [0.717, 1.165) is 0 Å². The summed E-state index contributed by atoms with van der Waals surface area (Å²) in [4.78, 5) is 22.7. The van der Waals surface area contributed by atoms with Crippen LogP contribution in [0, 0.1) is 5.82 Å². The van der Waals surface area contributed by atoms with Gasteiger partial charge in [-0.15, -0.1) is 0 Å². The molecule has 19 heavy (non-hydrogen) atoms. The Kier molecular flexibility index (Phi) is 4.67. The van der Waals surface area contributed by atoms with E-state index >= 15 is 0 Å². The van der Waals surface area contributed by atoms with Gasteiger partial charge in [-0.25, -0.2) is 9.18 Å². The third-order valence-electron chi connectivity index (χ3n) is 2.07. The van der Waals surface area contributed by atoms with Gasteiger partial charge in [0.05, 0.1) is 12.2 Å². The quantitative estimate of drug-likeness (QED) is 0.366. The summed E-state index contributed by atoms with van der Waals surface area (Å²) in [5.74, 6) is -4.12. The molecule has 0 aliphatic carbocycles. The molecule has 3 nitrogen and oxygen atoms in total. The maximum absolute atomic E-state index is 13.2. The van der Waals surface area contributed by atoms with Crippen LogP contribution in [0.4, 0.5) is 17.6 Å². The summed E-state index contributed by atoms with van der Waals surface area (Å²) in [5, 5.41) is 0. The van der Waals surface area contributed by atoms with Crippen molar-refractivity contribution in [3.05, 3.63) is 33.5 Å². The topological polar surface area (TPSA) is 43.4 Å². The predicted octanol–water partition coefficient (Wildman–Crippen LogP) is 3.35. The number of esters is 1. The van der Waals surface area contributed by atoms with E-state index in [2.05, 4.69) is 20.7 Å². The van der Waals surface area contributed by atoms with E-state index in [1.165, 1.54) is 6.92 Å². The fourth-order valence-electron chi connectivity index (χ4n) is 1.25. The zero-order valence-corrected chi connectivity index (χ0v) is 11.1. The van der Waals surface area contributed by atoms with Crippen LogP contribution in [0.25, 0.3) is 0 Å². The first-order chi connectivity index (χ1) is 8.68. The largest absolute Gasteiger partial charge is 0.460 e. The summed E-state index contributed by atoms with van der Waals surface area (Å²) in [6, 6.07) is 0.758. The van der Waals surface area contributed by atoms with Gasteiger partial charge in [-0.05, 0) is 35.0 Å². The van der Waals surface area contributed by atoms with Crippen LogP contribution in [0.2, 0.25) is 0 Å². The van der Waals surface area contributed by atoms with E-state index in [0.29, 0.717) is 6.07 Å². The molecule has 0 radical (unpaired) electrons. The highest BCUT2D eigenvalue weighted by Crippen LogP contribution is 2.34. The Balaban J connectivity index is 3.30. The lowest BCUT2D eigenvalue weighted by Gasteiger charge is -2.11. The maximum atomic E-state index is 13.2. The normalized spacial score (nSPS) is 11.3. The molecule has 1 rings (SSSR count). The Labute approximate surface area is 113 Å². The average Bonchev–Trinajstić information content (AvgIpc) is 2.26. The molecule has 0 spiro atoms. The molecule has 0 N–H and O–H groups in total. The van der Waals surface area contributed by atoms with Gasteiger partial charge in [0, 0.05) is 10.0 Å². The van der Waals surface area contributed by atoms with Crippen LogP contribution >= 0.6 is 15.9 Å². The van der Waals surface area contributed by atoms with Gasteiger partial charge in [0.2, 0.25) is 0 Å². The molecule has 8 heteroatoms. The molecule has 0 saturated carbocycles. The average molecular weight is 343 g/mol. The monoisotopic (exact) mass is 342 g/mol. The van der Waals surface area contributed by atoms with E-state index in [1.807, 2.05) is 0 Å². The van der Waals surface area contributed by atoms with Crippen LogP contribution in [-0.4, -0.2) is 18.4 Å². The lowest BCUT2D eigenvalue weighted by Crippen LogP contribution is -2.19. The van der Waals surface area contributed by atoms with Crippen molar-refractivity contribution in [2.45, 2.75) is 13.1 Å². The summed E-state index contributed by atoms with van der Waals surface area (Å²) in [6.45, 7) is 1.33. The zero-order valence-electron chi connectivity index (χ0n) is 9.48. The molecule has 0 unspecified atom stereocenters. The highest BCUT2D eigenvalue weighted by atomic mass is 79.9. The van der Waals surface area contributed by atoms with Crippen LogP contribution in [0.5, 0.6) is 0 Å². The fourth-order valence-corrected chi connectivity index (χ4v) is 1.74. The molecule has 0 bridgehead atoms. The van der Waals surface area contributed by atoms with Gasteiger partial charge in [-0.3, -0.25) is 4.79 Å². The van der Waals surface area contributed by atoms with Gasteiger partial charge in [0.15, 0.2) is 0 Å². The van der Waals surface area contributed by atoms with Crippen molar-refractivity contribution >= 4 is 27.7 Å². The number of hydrogen-bond acceptors (Lipinski definition) is 3. The summed E-state index contributed by atoms with van der Waals surface area (Å²) >= 11 is 2.73. The number of benzene rings is 1. The Morgan fingerprint density at radius 2 is 1.89 bits per heavy atom. The van der Waals surface area contributed by atoms with Crippen molar-refractivity contribution < 1.29 is 31.9 Å². The summed E-state index contributed by atoms with van der Waals surface area (Å²) in [7, 11) is 0. The Morgan fingerprint density at radius 1 is 1.32 bits per heavy atom. The molecule has 0 aliphatic heterocycles. The van der Waals surface area contributed by atoms with Gasteiger partial charge < -0.3 is 4.74 Å². The minimum atomic E-state index is -4.96. The van der Waals surface area contributed by atoms with E-state index in [-0.39, 0.29) is 17.1 Å². The Hall–Kier alpha value is -1.44. The number of ketones is 1. The van der Waals surface area contributed by atoms with Crippen LogP contribution in [-0.2, 0) is 15.7 Å². The van der Waals surface area contributed by atoms with Crippen molar-refractivity contribution in [3.8, 4) is 0 Å². The third-order valence-corrected chi connectivity index (χ3v) is 2.72. The lowest BCUT2D eigenvalue weighted by molar-refractivity contribution is -0.140. The highest BCUT2D eigenvalue weighted by Gasteiger charge is 2.36. The highest BCUT2D eigenvalue weighted by molar-refractivity contribution is 9.10. The van der Waals surface area contributed by atoms with Crippen LogP contribution in [0.1, 0.15) is 22.8 Å². The standard InChI is InChI=1S/C11H7BrF4O3/c1-2-19-10(18)9(17)5-3-6(11(14,15)16)8(13)4-7(5)12/h3-4H,2H2,1H3. The number of hydrogen-bond donors (Lipinski definition) is 0. The van der Waals surface area contributed by atoms with Crippen molar-refractivity contribution in [2.24, 2.45) is 0 Å². The van der Waals surface area contributed by atoms with E-state index in [4.69, 9.17) is 0 Å². The molecule has 0 atom stereocenters. The molecule has 0 aliphatic rings. The molecular weight excluding hydrogens is 336 g/mol. The number of halogens is 5. The predicted molar refractivity (Wildman–Crippen MR) is 60.1 cm³/mol. The molecule has 0 aromatic heterocycles. The number of alkyl halides is 3. The smallest absolute Gasteiger partial charge is 0.419 e. The van der Waals surface area contributed by atoms with Crippen molar-refractivity contribution in [1.29, 1.82) is 0 Å². The first-order valence-corrected chi connectivity index (χ1v) is 5.75. The second kappa shape index (κ2) is 5.68. The fraction of sp³-hybridized carbons (Fsp3) is 0.273. The van der Waals surface area contributed by atoms with Crippen LogP contribution < -0.4 is 0 Å². The maximum Gasteiger partial charge on any atom is 0.419 e. The molecular formula is C11H7BrF4O3. The van der Waals surface area contributed by atoms with Gasteiger partial charge in [0.25, 0.3) is 5.78 Å². The van der Waals surface area contributed by atoms with Gasteiger partial charge in [-0.1, -0.05) is 0 Å². The third kappa shape index (κ3) is 3.52. The number of ether oxygens (including phenoxy) is 1. The summed E-state index contributed by atoms with van der Waals surface area (Å²) in [6.07, 6.45) is -4.96.